The molecule has 33 heavy (non-hydrogen) atoms. The fourth-order valence-electron chi connectivity index (χ4n) is 3.85. The second-order valence-electron chi connectivity index (χ2n) is 7.94. The van der Waals surface area contributed by atoms with Gasteiger partial charge >= 0.3 is 0 Å². The monoisotopic (exact) mass is 486 g/mol. The van der Waals surface area contributed by atoms with Crippen LogP contribution in [0.15, 0.2) is 58.1 Å². The maximum atomic E-state index is 12.7. The fourth-order valence-corrected chi connectivity index (χ4v) is 6.21. The molecule has 1 atom stereocenters. The number of hydrogen-bond donors (Lipinski definition) is 1. The number of nitrogens with zero attached hydrogens (tertiary/aromatic N) is 1. The predicted molar refractivity (Wildman–Crippen MR) is 129 cm³/mol. The number of anilines is 1. The van der Waals surface area contributed by atoms with E-state index in [9.17, 15) is 13.2 Å². The van der Waals surface area contributed by atoms with Crippen LogP contribution in [0.2, 0.25) is 0 Å². The lowest BCUT2D eigenvalue weighted by Crippen LogP contribution is -2.35. The van der Waals surface area contributed by atoms with Crippen molar-refractivity contribution in [2.75, 3.05) is 24.6 Å². The summed E-state index contributed by atoms with van der Waals surface area (Å²) in [6.45, 7) is 4.44. The molecule has 0 spiro atoms. The lowest BCUT2D eigenvalue weighted by molar-refractivity contribution is -0.124. The summed E-state index contributed by atoms with van der Waals surface area (Å²) in [5.41, 5.74) is 3.68. The van der Waals surface area contributed by atoms with E-state index in [2.05, 4.69) is 11.4 Å². The first-order valence-corrected chi connectivity index (χ1v) is 12.9. The number of hydrogen-bond acceptors (Lipinski definition) is 6. The molecule has 0 aliphatic carbocycles. The van der Waals surface area contributed by atoms with Gasteiger partial charge in [-0.1, -0.05) is 23.8 Å². The molecule has 1 aliphatic rings. The first kappa shape index (κ1) is 23.1. The number of amides is 1. The zero-order valence-corrected chi connectivity index (χ0v) is 20.3. The number of aryl methyl sites for hydroxylation is 2. The summed E-state index contributed by atoms with van der Waals surface area (Å²) in [7, 11) is -2.09. The van der Waals surface area contributed by atoms with Crippen molar-refractivity contribution in [3.63, 3.8) is 0 Å². The lowest BCUT2D eigenvalue weighted by atomic mass is 9.95. The quantitative estimate of drug-likeness (QED) is 0.541. The summed E-state index contributed by atoms with van der Waals surface area (Å²) < 4.78 is 38.2. The Morgan fingerprint density at radius 1 is 1.21 bits per heavy atom. The Labute approximate surface area is 198 Å². The Hall–Kier alpha value is -3.04. The molecule has 0 saturated carbocycles. The smallest absolute Gasteiger partial charge is 0.273 e. The highest BCUT2D eigenvalue weighted by molar-refractivity contribution is 7.94. The van der Waals surface area contributed by atoms with Gasteiger partial charge in [-0.25, -0.2) is 8.42 Å². The van der Waals surface area contributed by atoms with E-state index in [1.807, 2.05) is 19.9 Å². The van der Waals surface area contributed by atoms with Crippen LogP contribution < -0.4 is 19.1 Å². The van der Waals surface area contributed by atoms with Crippen LogP contribution in [0, 0.1) is 13.8 Å². The van der Waals surface area contributed by atoms with Gasteiger partial charge < -0.3 is 14.8 Å². The van der Waals surface area contributed by atoms with Crippen molar-refractivity contribution in [3.8, 4) is 11.5 Å². The van der Waals surface area contributed by atoms with Crippen LogP contribution in [0.5, 0.6) is 11.5 Å². The van der Waals surface area contributed by atoms with E-state index in [1.54, 1.807) is 41.8 Å². The van der Waals surface area contributed by atoms with E-state index in [-0.39, 0.29) is 22.8 Å². The summed E-state index contributed by atoms with van der Waals surface area (Å²) in [4.78, 5) is 12.5. The molecule has 0 fully saturated rings. The molecule has 1 aliphatic heterocycles. The zero-order valence-electron chi connectivity index (χ0n) is 18.7. The van der Waals surface area contributed by atoms with Crippen LogP contribution in [0.4, 0.5) is 5.69 Å². The molecule has 9 heteroatoms. The normalized spacial score (nSPS) is 15.3. The summed E-state index contributed by atoms with van der Waals surface area (Å²) in [5.74, 6) is 1.10. The van der Waals surface area contributed by atoms with Crippen LogP contribution >= 0.6 is 11.3 Å². The van der Waals surface area contributed by atoms with Crippen LogP contribution in [-0.2, 0) is 14.8 Å². The van der Waals surface area contributed by atoms with Crippen LogP contribution in [0.25, 0.3) is 0 Å². The van der Waals surface area contributed by atoms with Gasteiger partial charge in [-0.05, 0) is 55.1 Å². The van der Waals surface area contributed by atoms with E-state index < -0.39 is 10.0 Å². The molecule has 1 unspecified atom stereocenters. The maximum absolute atomic E-state index is 12.7. The predicted octanol–water partition coefficient (Wildman–Crippen LogP) is 4.21. The number of benzene rings is 2. The fraction of sp³-hybridized carbons (Fsp3) is 0.292. The standard InChI is InChI=1S/C24H26N2O5S2/c1-16-13-17(2)24-20(14-16)21(10-11-30-24)25-22(27)15-31-19-8-6-18(7-9-19)26(3)33(28,29)23-5-4-12-32-23/h4-9,12-14,21H,10-11,15H2,1-3H3,(H,25,27). The molecular formula is C24H26N2O5S2. The summed E-state index contributed by atoms with van der Waals surface area (Å²) >= 11 is 1.17. The average molecular weight is 487 g/mol. The third kappa shape index (κ3) is 4.99. The minimum atomic E-state index is -3.60. The van der Waals surface area contributed by atoms with Crippen molar-refractivity contribution < 1.29 is 22.7 Å². The molecule has 1 aromatic heterocycles. The Bertz CT molecular complexity index is 1240. The average Bonchev–Trinajstić information content (AvgIpc) is 3.34. The molecular weight excluding hydrogens is 460 g/mol. The van der Waals surface area contributed by atoms with Crippen LogP contribution in [0.3, 0.4) is 0 Å². The number of carbonyl (C=O) groups is 1. The molecule has 7 nitrogen and oxygen atoms in total. The lowest BCUT2D eigenvalue weighted by Gasteiger charge is -2.28. The number of carbonyl (C=O) groups excluding carboxylic acids is 1. The highest BCUT2D eigenvalue weighted by Gasteiger charge is 2.25. The molecule has 3 aromatic rings. The molecule has 174 valence electrons. The van der Waals surface area contributed by atoms with Crippen LogP contribution in [-0.4, -0.2) is 34.6 Å². The molecule has 0 saturated heterocycles. The maximum Gasteiger partial charge on any atom is 0.273 e. The molecule has 1 N–H and O–H groups in total. The van der Waals surface area contributed by atoms with Crippen molar-refractivity contribution in [2.45, 2.75) is 30.5 Å². The Morgan fingerprint density at radius 2 is 1.97 bits per heavy atom. The SMILES string of the molecule is Cc1cc(C)c2c(c1)C(NC(=O)COc1ccc(N(C)S(=O)(=O)c3cccs3)cc1)CCO2. The van der Waals surface area contributed by atoms with Gasteiger partial charge in [0.1, 0.15) is 15.7 Å². The van der Waals surface area contributed by atoms with Gasteiger partial charge in [0.05, 0.1) is 18.3 Å². The highest BCUT2D eigenvalue weighted by atomic mass is 32.2. The van der Waals surface area contributed by atoms with Gasteiger partial charge in [-0.3, -0.25) is 9.10 Å². The molecule has 2 aromatic carbocycles. The number of sulfonamides is 1. The van der Waals surface area contributed by atoms with Gasteiger partial charge in [-0.15, -0.1) is 11.3 Å². The Balaban J connectivity index is 1.36. The van der Waals surface area contributed by atoms with Crippen molar-refractivity contribution in [1.29, 1.82) is 0 Å². The molecule has 1 amide bonds. The van der Waals surface area contributed by atoms with Gasteiger partial charge in [0.2, 0.25) is 0 Å². The largest absolute Gasteiger partial charge is 0.493 e. The minimum absolute atomic E-state index is 0.123. The van der Waals surface area contributed by atoms with Crippen molar-refractivity contribution >= 4 is 33.0 Å². The Morgan fingerprint density at radius 3 is 2.67 bits per heavy atom. The van der Waals surface area contributed by atoms with Gasteiger partial charge in [0.15, 0.2) is 6.61 Å². The van der Waals surface area contributed by atoms with E-state index >= 15 is 0 Å². The number of rotatable bonds is 7. The van der Waals surface area contributed by atoms with Gasteiger partial charge in [-0.2, -0.15) is 0 Å². The summed E-state index contributed by atoms with van der Waals surface area (Å²) in [6, 6.07) is 13.9. The second-order valence-corrected chi connectivity index (χ2v) is 11.1. The minimum Gasteiger partial charge on any atom is -0.493 e. The van der Waals surface area contributed by atoms with Crippen molar-refractivity contribution in [2.24, 2.45) is 0 Å². The zero-order chi connectivity index (χ0) is 23.6. The Kier molecular flexibility index (Phi) is 6.62. The first-order valence-electron chi connectivity index (χ1n) is 10.5. The van der Waals surface area contributed by atoms with E-state index in [0.717, 1.165) is 22.4 Å². The molecule has 0 radical (unpaired) electrons. The molecule has 4 rings (SSSR count). The third-order valence-electron chi connectivity index (χ3n) is 5.49. The van der Waals surface area contributed by atoms with Crippen molar-refractivity contribution in [1.82, 2.24) is 5.32 Å². The second kappa shape index (κ2) is 9.44. The summed E-state index contributed by atoms with van der Waals surface area (Å²) in [5, 5.41) is 4.76. The topological polar surface area (TPSA) is 84.9 Å². The summed E-state index contributed by atoms with van der Waals surface area (Å²) in [6.07, 6.45) is 0.696. The first-order chi connectivity index (χ1) is 15.8. The highest BCUT2D eigenvalue weighted by Crippen LogP contribution is 2.35. The van der Waals surface area contributed by atoms with Crippen LogP contribution in [0.1, 0.15) is 29.2 Å². The number of fused-ring (bicyclic) bond motifs is 1. The van der Waals surface area contributed by atoms with E-state index in [4.69, 9.17) is 9.47 Å². The van der Waals surface area contributed by atoms with E-state index in [0.29, 0.717) is 24.5 Å². The van der Waals surface area contributed by atoms with E-state index in [1.165, 1.54) is 22.7 Å². The van der Waals surface area contributed by atoms with Gasteiger partial charge in [0, 0.05) is 19.0 Å². The number of nitrogens with one attached hydrogen (secondary N) is 1. The molecule has 0 bridgehead atoms. The molecule has 2 heterocycles. The van der Waals surface area contributed by atoms with Crippen molar-refractivity contribution in [3.05, 3.63) is 70.6 Å². The number of thiophene rings is 1. The van der Waals surface area contributed by atoms with Gasteiger partial charge in [0.25, 0.3) is 15.9 Å². The third-order valence-corrected chi connectivity index (χ3v) is 8.65. The number of ether oxygens (including phenoxy) is 2.